The third-order valence-corrected chi connectivity index (χ3v) is 5.37. The fourth-order valence-corrected chi connectivity index (χ4v) is 3.91. The highest BCUT2D eigenvalue weighted by Crippen LogP contribution is 2.33. The van der Waals surface area contributed by atoms with E-state index in [4.69, 9.17) is 11.5 Å². The van der Waals surface area contributed by atoms with E-state index in [1.54, 1.807) is 0 Å². The molecule has 150 valence electrons. The Labute approximate surface area is 168 Å². The fraction of sp³-hybridized carbons (Fsp3) is 0.417. The van der Waals surface area contributed by atoms with Gasteiger partial charge < -0.3 is 22.1 Å². The van der Waals surface area contributed by atoms with Crippen molar-refractivity contribution < 1.29 is 0 Å². The Morgan fingerprint density at radius 2 is 0.893 bits per heavy atom. The van der Waals surface area contributed by atoms with Crippen molar-refractivity contribution in [2.24, 2.45) is 11.5 Å². The minimum absolute atomic E-state index is 0.764. The van der Waals surface area contributed by atoms with Crippen LogP contribution in [0.15, 0.2) is 48.5 Å². The number of nitrogens with one attached hydrogen (secondary N) is 2. The number of nitrogens with two attached hydrogens (primary N) is 2. The summed E-state index contributed by atoms with van der Waals surface area (Å²) in [7, 11) is 0. The van der Waals surface area contributed by atoms with E-state index in [1.807, 2.05) is 0 Å². The van der Waals surface area contributed by atoms with Crippen LogP contribution in [0.2, 0.25) is 0 Å². The maximum atomic E-state index is 5.61. The van der Waals surface area contributed by atoms with E-state index in [1.165, 1.54) is 32.7 Å². The van der Waals surface area contributed by atoms with E-state index in [2.05, 4.69) is 59.2 Å². The van der Waals surface area contributed by atoms with Gasteiger partial charge in [-0.1, -0.05) is 48.5 Å². The van der Waals surface area contributed by atoms with Gasteiger partial charge in [0.2, 0.25) is 0 Å². The van der Waals surface area contributed by atoms with Crippen LogP contribution in [-0.2, 0) is 13.1 Å². The van der Waals surface area contributed by atoms with Gasteiger partial charge in [0.15, 0.2) is 0 Å². The Morgan fingerprint density at radius 3 is 1.21 bits per heavy atom. The zero-order chi connectivity index (χ0) is 19.6. The summed E-state index contributed by atoms with van der Waals surface area (Å²) >= 11 is 0. The van der Waals surface area contributed by atoms with Crippen LogP contribution < -0.4 is 22.1 Å². The Morgan fingerprint density at radius 1 is 0.536 bits per heavy atom. The zero-order valence-electron chi connectivity index (χ0n) is 16.8. The van der Waals surface area contributed by atoms with Gasteiger partial charge in [-0.15, -0.1) is 0 Å². The molecule has 4 nitrogen and oxygen atoms in total. The average molecular weight is 379 g/mol. The molecule has 6 N–H and O–H groups in total. The maximum absolute atomic E-state index is 5.61. The highest BCUT2D eigenvalue weighted by molar-refractivity contribution is 6.05. The molecule has 3 rings (SSSR count). The van der Waals surface area contributed by atoms with Gasteiger partial charge in [-0.05, 0) is 84.5 Å². The van der Waals surface area contributed by atoms with E-state index in [0.717, 1.165) is 65.0 Å². The molecule has 0 amide bonds. The Bertz CT molecular complexity index is 746. The molecule has 0 unspecified atom stereocenters. The van der Waals surface area contributed by atoms with Crippen molar-refractivity contribution in [3.8, 4) is 0 Å². The van der Waals surface area contributed by atoms with E-state index >= 15 is 0 Å². The second kappa shape index (κ2) is 11.1. The molecule has 0 aliphatic carbocycles. The van der Waals surface area contributed by atoms with Crippen molar-refractivity contribution >= 4 is 21.5 Å². The normalized spacial score (nSPS) is 11.5. The molecule has 3 aromatic carbocycles. The first-order chi connectivity index (χ1) is 13.9. The van der Waals surface area contributed by atoms with Gasteiger partial charge in [0.1, 0.15) is 0 Å². The van der Waals surface area contributed by atoms with Crippen LogP contribution in [0.4, 0.5) is 0 Å². The third kappa shape index (κ3) is 5.09. The molecular formula is C24H34N4. The smallest absolute Gasteiger partial charge is 0.0217 e. The molecule has 0 fully saturated rings. The lowest BCUT2D eigenvalue weighted by molar-refractivity contribution is 0.628. The quantitative estimate of drug-likeness (QED) is 0.287. The van der Waals surface area contributed by atoms with E-state index in [0.29, 0.717) is 0 Å². The number of unbranched alkanes of at least 4 members (excludes halogenated alkanes) is 2. The van der Waals surface area contributed by atoms with Crippen LogP contribution in [0.3, 0.4) is 0 Å². The van der Waals surface area contributed by atoms with E-state index < -0.39 is 0 Å². The van der Waals surface area contributed by atoms with Crippen molar-refractivity contribution in [2.45, 2.75) is 38.8 Å². The predicted molar refractivity (Wildman–Crippen MR) is 121 cm³/mol. The number of fused-ring (bicyclic) bond motifs is 2. The van der Waals surface area contributed by atoms with Crippen LogP contribution in [0.1, 0.15) is 36.8 Å². The van der Waals surface area contributed by atoms with Gasteiger partial charge in [0, 0.05) is 13.1 Å². The first-order valence-corrected chi connectivity index (χ1v) is 10.6. The van der Waals surface area contributed by atoms with Crippen molar-refractivity contribution in [1.82, 2.24) is 10.6 Å². The average Bonchev–Trinajstić information content (AvgIpc) is 2.74. The predicted octanol–water partition coefficient (Wildman–Crippen LogP) is 3.65. The summed E-state index contributed by atoms with van der Waals surface area (Å²) < 4.78 is 0. The standard InChI is InChI=1S/C24H34N4/c25-13-5-7-15-27-17-23-19-9-1-2-10-20(19)24(18-28-16-8-6-14-26)22-12-4-3-11-21(22)23/h1-4,9-12,27-28H,5-8,13-18,25-26H2. The van der Waals surface area contributed by atoms with Crippen molar-refractivity contribution in [1.29, 1.82) is 0 Å². The van der Waals surface area contributed by atoms with Gasteiger partial charge in [-0.3, -0.25) is 0 Å². The molecule has 0 saturated heterocycles. The Hall–Kier alpha value is -1.98. The molecule has 0 bridgehead atoms. The fourth-order valence-electron chi connectivity index (χ4n) is 3.91. The first-order valence-electron chi connectivity index (χ1n) is 10.6. The minimum Gasteiger partial charge on any atom is -0.330 e. The summed E-state index contributed by atoms with van der Waals surface area (Å²) in [4.78, 5) is 0. The molecule has 0 aliphatic heterocycles. The Balaban J connectivity index is 1.91. The van der Waals surface area contributed by atoms with Gasteiger partial charge in [-0.2, -0.15) is 0 Å². The SMILES string of the molecule is NCCCCNCc1c2ccccc2c(CNCCCCN)c2ccccc12. The molecule has 0 heterocycles. The molecule has 0 aromatic heterocycles. The zero-order valence-corrected chi connectivity index (χ0v) is 16.8. The summed E-state index contributed by atoms with van der Waals surface area (Å²) in [5.41, 5.74) is 14.0. The van der Waals surface area contributed by atoms with E-state index in [9.17, 15) is 0 Å². The lowest BCUT2D eigenvalue weighted by Crippen LogP contribution is -2.18. The van der Waals surface area contributed by atoms with Crippen LogP contribution in [0.25, 0.3) is 21.5 Å². The molecule has 0 atom stereocenters. The molecule has 0 spiro atoms. The van der Waals surface area contributed by atoms with Gasteiger partial charge in [0.05, 0.1) is 0 Å². The monoisotopic (exact) mass is 378 g/mol. The number of rotatable bonds is 12. The van der Waals surface area contributed by atoms with Crippen LogP contribution in [0, 0.1) is 0 Å². The van der Waals surface area contributed by atoms with Crippen molar-refractivity contribution in [3.05, 3.63) is 59.7 Å². The molecule has 3 aromatic rings. The summed E-state index contributed by atoms with van der Waals surface area (Å²) in [6.07, 6.45) is 4.39. The van der Waals surface area contributed by atoms with Gasteiger partial charge in [-0.25, -0.2) is 0 Å². The molecule has 0 radical (unpaired) electrons. The molecule has 4 heteroatoms. The molecular weight excluding hydrogens is 344 g/mol. The number of hydrogen-bond donors (Lipinski definition) is 4. The Kier molecular flexibility index (Phi) is 8.24. The van der Waals surface area contributed by atoms with Crippen molar-refractivity contribution in [3.63, 3.8) is 0 Å². The minimum atomic E-state index is 0.764. The highest BCUT2D eigenvalue weighted by atomic mass is 14.9. The van der Waals surface area contributed by atoms with Gasteiger partial charge >= 0.3 is 0 Å². The second-order valence-corrected chi connectivity index (χ2v) is 7.39. The molecule has 0 aliphatic rings. The van der Waals surface area contributed by atoms with Gasteiger partial charge in [0.25, 0.3) is 0 Å². The topological polar surface area (TPSA) is 76.1 Å². The summed E-state index contributed by atoms with van der Waals surface area (Å²) in [5.74, 6) is 0. The molecule has 0 saturated carbocycles. The lowest BCUT2D eigenvalue weighted by atomic mass is 9.91. The van der Waals surface area contributed by atoms with E-state index in [-0.39, 0.29) is 0 Å². The maximum Gasteiger partial charge on any atom is 0.0217 e. The number of hydrogen-bond acceptors (Lipinski definition) is 4. The second-order valence-electron chi connectivity index (χ2n) is 7.39. The third-order valence-electron chi connectivity index (χ3n) is 5.37. The summed E-state index contributed by atoms with van der Waals surface area (Å²) in [5, 5.41) is 12.7. The van der Waals surface area contributed by atoms with Crippen LogP contribution >= 0.6 is 0 Å². The molecule has 28 heavy (non-hydrogen) atoms. The van der Waals surface area contributed by atoms with Crippen LogP contribution in [-0.4, -0.2) is 26.2 Å². The lowest BCUT2D eigenvalue weighted by Gasteiger charge is -2.18. The van der Waals surface area contributed by atoms with Crippen molar-refractivity contribution in [2.75, 3.05) is 26.2 Å². The van der Waals surface area contributed by atoms with Crippen LogP contribution in [0.5, 0.6) is 0 Å². The highest BCUT2D eigenvalue weighted by Gasteiger charge is 2.13. The first kappa shape index (κ1) is 20.7. The summed E-state index contributed by atoms with van der Waals surface area (Å²) in [6.45, 7) is 5.31. The number of benzene rings is 3. The summed E-state index contributed by atoms with van der Waals surface area (Å²) in [6, 6.07) is 17.6. The largest absolute Gasteiger partial charge is 0.330 e.